The molecule has 0 saturated heterocycles. The molecule has 0 spiro atoms. The van der Waals surface area contributed by atoms with Gasteiger partial charge in [-0.25, -0.2) is 0 Å². The topological polar surface area (TPSA) is 0 Å². The third-order valence-electron chi connectivity index (χ3n) is 2.69. The Kier molecular flexibility index (Phi) is 1.99. The first kappa shape index (κ1) is 7.60. The van der Waals surface area contributed by atoms with Gasteiger partial charge in [0.1, 0.15) is 0 Å². The first-order chi connectivity index (χ1) is 5.88. The molecule has 0 radical (unpaired) electrons. The molecule has 62 valence electrons. The van der Waals surface area contributed by atoms with Crippen LogP contribution in [0.2, 0.25) is 0 Å². The van der Waals surface area contributed by atoms with E-state index in [9.17, 15) is 0 Å². The fraction of sp³-hybridized carbons (Fsp3) is 0.333. The smallest absolute Gasteiger partial charge is 0.00671 e. The molecular formula is C12H14. The molecule has 0 aliphatic heterocycles. The maximum absolute atomic E-state index is 2.32. The summed E-state index contributed by atoms with van der Waals surface area (Å²) in [5, 5.41) is 0. The van der Waals surface area contributed by atoms with E-state index in [2.05, 4.69) is 49.4 Å². The lowest BCUT2D eigenvalue weighted by Gasteiger charge is -2.14. The molecule has 0 saturated carbocycles. The highest BCUT2D eigenvalue weighted by atomic mass is 14.2. The maximum Gasteiger partial charge on any atom is -0.00671 e. The summed E-state index contributed by atoms with van der Waals surface area (Å²) in [6.07, 6.45) is 5.82. The molecule has 0 unspecified atom stereocenters. The summed E-state index contributed by atoms with van der Waals surface area (Å²) >= 11 is 0. The number of rotatable bonds is 1. The van der Waals surface area contributed by atoms with E-state index in [1.54, 1.807) is 0 Å². The van der Waals surface area contributed by atoms with Crippen molar-refractivity contribution in [3.63, 3.8) is 0 Å². The molecule has 1 aromatic carbocycles. The van der Waals surface area contributed by atoms with Crippen LogP contribution in [0.15, 0.2) is 42.5 Å². The van der Waals surface area contributed by atoms with Gasteiger partial charge in [0.2, 0.25) is 0 Å². The summed E-state index contributed by atoms with van der Waals surface area (Å²) in [6.45, 7) is 2.29. The summed E-state index contributed by atoms with van der Waals surface area (Å²) < 4.78 is 0. The van der Waals surface area contributed by atoms with Gasteiger partial charge in [0.05, 0.1) is 0 Å². The highest BCUT2D eigenvalue weighted by Crippen LogP contribution is 2.33. The van der Waals surface area contributed by atoms with Gasteiger partial charge in [-0.05, 0) is 23.8 Å². The van der Waals surface area contributed by atoms with E-state index < -0.39 is 0 Å². The summed E-state index contributed by atoms with van der Waals surface area (Å²) in [4.78, 5) is 0. The van der Waals surface area contributed by atoms with E-state index in [0.29, 0.717) is 5.92 Å². The second-order valence-corrected chi connectivity index (χ2v) is 3.54. The molecule has 1 aliphatic rings. The van der Waals surface area contributed by atoms with Gasteiger partial charge in [0.25, 0.3) is 0 Å². The second kappa shape index (κ2) is 3.14. The minimum Gasteiger partial charge on any atom is -0.0876 e. The molecule has 0 nitrogen and oxygen atoms in total. The van der Waals surface area contributed by atoms with Crippen LogP contribution in [0.5, 0.6) is 0 Å². The normalized spacial score (nSPS) is 27.8. The van der Waals surface area contributed by atoms with Crippen molar-refractivity contribution >= 4 is 0 Å². The van der Waals surface area contributed by atoms with Crippen molar-refractivity contribution in [3.8, 4) is 0 Å². The predicted molar refractivity (Wildman–Crippen MR) is 52.1 cm³/mol. The van der Waals surface area contributed by atoms with Crippen LogP contribution in [0.4, 0.5) is 0 Å². The van der Waals surface area contributed by atoms with Crippen molar-refractivity contribution in [1.29, 1.82) is 0 Å². The van der Waals surface area contributed by atoms with E-state index in [0.717, 1.165) is 5.92 Å². The highest BCUT2D eigenvalue weighted by Gasteiger charge is 2.19. The Balaban J connectivity index is 2.22. The Bertz CT molecular complexity index is 271. The van der Waals surface area contributed by atoms with Gasteiger partial charge in [-0.1, -0.05) is 49.4 Å². The number of benzene rings is 1. The summed E-state index contributed by atoms with van der Waals surface area (Å²) in [7, 11) is 0. The molecule has 12 heavy (non-hydrogen) atoms. The van der Waals surface area contributed by atoms with Crippen LogP contribution in [0.1, 0.15) is 24.8 Å². The number of hydrogen-bond acceptors (Lipinski definition) is 0. The van der Waals surface area contributed by atoms with Crippen molar-refractivity contribution in [2.24, 2.45) is 5.92 Å². The maximum atomic E-state index is 2.32. The van der Waals surface area contributed by atoms with Crippen LogP contribution in [0, 0.1) is 5.92 Å². The molecule has 0 heteroatoms. The van der Waals surface area contributed by atoms with Crippen molar-refractivity contribution in [3.05, 3.63) is 48.0 Å². The quantitative estimate of drug-likeness (QED) is 0.550. The predicted octanol–water partition coefficient (Wildman–Crippen LogP) is 3.37. The van der Waals surface area contributed by atoms with Gasteiger partial charge in [-0.3, -0.25) is 0 Å². The monoisotopic (exact) mass is 158 g/mol. The third-order valence-corrected chi connectivity index (χ3v) is 2.69. The number of hydrogen-bond donors (Lipinski definition) is 0. The van der Waals surface area contributed by atoms with Crippen LogP contribution in [-0.4, -0.2) is 0 Å². The molecule has 0 amide bonds. The van der Waals surface area contributed by atoms with Gasteiger partial charge in [-0.15, -0.1) is 0 Å². The SMILES string of the molecule is C[C@H]1C=CC[C@H]1c1ccccc1. The fourth-order valence-electron chi connectivity index (χ4n) is 1.93. The van der Waals surface area contributed by atoms with Crippen LogP contribution in [-0.2, 0) is 0 Å². The molecule has 0 aromatic heterocycles. The van der Waals surface area contributed by atoms with Gasteiger partial charge in [-0.2, -0.15) is 0 Å². The molecule has 0 heterocycles. The molecule has 0 fully saturated rings. The standard InChI is InChI=1S/C12H14/c1-10-6-5-9-12(10)11-7-3-2-4-8-11/h2-8,10,12H,9H2,1H3/t10-,12+/m0/s1. The molecule has 1 aliphatic carbocycles. The van der Waals surface area contributed by atoms with Gasteiger partial charge < -0.3 is 0 Å². The van der Waals surface area contributed by atoms with E-state index in [1.165, 1.54) is 12.0 Å². The molecule has 0 N–H and O–H groups in total. The Labute approximate surface area is 73.9 Å². The largest absolute Gasteiger partial charge is 0.0876 e. The van der Waals surface area contributed by atoms with Gasteiger partial charge in [0, 0.05) is 0 Å². The molecule has 1 aromatic rings. The van der Waals surface area contributed by atoms with Crippen molar-refractivity contribution in [2.45, 2.75) is 19.3 Å². The zero-order valence-electron chi connectivity index (χ0n) is 7.40. The van der Waals surface area contributed by atoms with Crippen LogP contribution in [0.3, 0.4) is 0 Å². The van der Waals surface area contributed by atoms with Crippen LogP contribution < -0.4 is 0 Å². The lowest BCUT2D eigenvalue weighted by atomic mass is 9.90. The average molecular weight is 158 g/mol. The highest BCUT2D eigenvalue weighted by molar-refractivity contribution is 5.24. The molecule has 2 atom stereocenters. The Morgan fingerprint density at radius 3 is 2.50 bits per heavy atom. The van der Waals surface area contributed by atoms with E-state index >= 15 is 0 Å². The molecule has 2 rings (SSSR count). The van der Waals surface area contributed by atoms with Crippen LogP contribution in [0.25, 0.3) is 0 Å². The third kappa shape index (κ3) is 1.29. The Morgan fingerprint density at radius 2 is 1.92 bits per heavy atom. The fourth-order valence-corrected chi connectivity index (χ4v) is 1.93. The van der Waals surface area contributed by atoms with Crippen LogP contribution >= 0.6 is 0 Å². The lowest BCUT2D eigenvalue weighted by molar-refractivity contribution is 0.588. The zero-order valence-corrected chi connectivity index (χ0v) is 7.40. The second-order valence-electron chi connectivity index (χ2n) is 3.54. The Morgan fingerprint density at radius 1 is 1.17 bits per heavy atom. The van der Waals surface area contributed by atoms with Crippen molar-refractivity contribution < 1.29 is 0 Å². The minimum atomic E-state index is 0.715. The van der Waals surface area contributed by atoms with E-state index in [4.69, 9.17) is 0 Å². The average Bonchev–Trinajstić information content (AvgIpc) is 2.53. The van der Waals surface area contributed by atoms with E-state index in [-0.39, 0.29) is 0 Å². The van der Waals surface area contributed by atoms with Gasteiger partial charge in [0.15, 0.2) is 0 Å². The van der Waals surface area contributed by atoms with Crippen molar-refractivity contribution in [2.75, 3.05) is 0 Å². The van der Waals surface area contributed by atoms with Crippen molar-refractivity contribution in [1.82, 2.24) is 0 Å². The summed E-state index contributed by atoms with van der Waals surface area (Å²) in [5.74, 6) is 1.44. The summed E-state index contributed by atoms with van der Waals surface area (Å²) in [6, 6.07) is 10.8. The van der Waals surface area contributed by atoms with Gasteiger partial charge >= 0.3 is 0 Å². The Hall–Kier alpha value is -1.04. The molecule has 0 bridgehead atoms. The zero-order chi connectivity index (χ0) is 8.39. The lowest BCUT2D eigenvalue weighted by Crippen LogP contribution is -2.01. The van der Waals surface area contributed by atoms with E-state index in [1.807, 2.05) is 0 Å². The first-order valence-electron chi connectivity index (χ1n) is 4.59. The molecular weight excluding hydrogens is 144 g/mol. The number of allylic oxidation sites excluding steroid dienone is 2. The first-order valence-corrected chi connectivity index (χ1v) is 4.59. The summed E-state index contributed by atoms with van der Waals surface area (Å²) in [5.41, 5.74) is 1.48. The minimum absolute atomic E-state index is 0.715.